The first kappa shape index (κ1) is 13.1. The molecule has 2 nitrogen and oxygen atoms in total. The summed E-state index contributed by atoms with van der Waals surface area (Å²) < 4.78 is 20.9. The van der Waals surface area contributed by atoms with Crippen LogP contribution in [0.4, 0.5) is 4.39 Å². The monoisotopic (exact) mass is 293 g/mol. The fourth-order valence-electron chi connectivity index (χ4n) is 3.33. The summed E-state index contributed by atoms with van der Waals surface area (Å²) in [7, 11) is 1.69. The molecule has 110 valence electrons. The first-order chi connectivity index (χ1) is 10.7. The van der Waals surface area contributed by atoms with E-state index in [1.54, 1.807) is 7.11 Å². The van der Waals surface area contributed by atoms with Crippen LogP contribution in [0.5, 0.6) is 5.75 Å². The number of benzene rings is 1. The fraction of sp³-hybridized carbons (Fsp3) is 0.158. The predicted molar refractivity (Wildman–Crippen MR) is 87.4 cm³/mol. The van der Waals surface area contributed by atoms with Crippen LogP contribution in [0.25, 0.3) is 27.7 Å². The molecule has 0 aliphatic carbocycles. The highest BCUT2D eigenvalue weighted by Crippen LogP contribution is 2.38. The van der Waals surface area contributed by atoms with Gasteiger partial charge in [-0.3, -0.25) is 0 Å². The summed E-state index contributed by atoms with van der Waals surface area (Å²) in [6.45, 7) is 2.15. The molecule has 0 aliphatic heterocycles. The van der Waals surface area contributed by atoms with Gasteiger partial charge in [-0.05, 0) is 41.8 Å². The van der Waals surface area contributed by atoms with Crippen molar-refractivity contribution in [3.63, 3.8) is 0 Å². The molecule has 0 spiro atoms. The smallest absolute Gasteiger partial charge is 0.123 e. The molecule has 4 aromatic rings. The lowest BCUT2D eigenvalue weighted by Gasteiger charge is -2.05. The third-order valence-corrected chi connectivity index (χ3v) is 4.31. The second kappa shape index (κ2) is 4.73. The number of ether oxygens (including phenoxy) is 1. The summed E-state index contributed by atoms with van der Waals surface area (Å²) in [6.07, 6.45) is 0.913. The summed E-state index contributed by atoms with van der Waals surface area (Å²) in [5, 5.41) is 0. The Bertz CT molecular complexity index is 953. The molecular formula is C19H16FNO. The lowest BCUT2D eigenvalue weighted by atomic mass is 10.00. The molecule has 0 unspecified atom stereocenters. The number of methoxy groups -OCH3 is 1. The minimum absolute atomic E-state index is 0.208. The Kier molecular flexibility index (Phi) is 2.83. The van der Waals surface area contributed by atoms with Gasteiger partial charge in [0.25, 0.3) is 0 Å². The van der Waals surface area contributed by atoms with Crippen LogP contribution in [0.1, 0.15) is 12.5 Å². The van der Waals surface area contributed by atoms with Gasteiger partial charge in [-0.25, -0.2) is 4.39 Å². The predicted octanol–water partition coefficient (Wildman–Crippen LogP) is 4.91. The number of pyridine rings is 1. The third-order valence-electron chi connectivity index (χ3n) is 4.31. The number of hydrogen-bond acceptors (Lipinski definition) is 1. The first-order valence-electron chi connectivity index (χ1n) is 7.42. The maximum absolute atomic E-state index is 13.2. The lowest BCUT2D eigenvalue weighted by Crippen LogP contribution is -1.89. The molecule has 1 aromatic carbocycles. The molecule has 3 heterocycles. The number of hydrogen-bond donors (Lipinski definition) is 0. The molecule has 22 heavy (non-hydrogen) atoms. The van der Waals surface area contributed by atoms with Gasteiger partial charge in [0.2, 0.25) is 0 Å². The Morgan fingerprint density at radius 1 is 1.00 bits per heavy atom. The van der Waals surface area contributed by atoms with Crippen LogP contribution < -0.4 is 4.74 Å². The van der Waals surface area contributed by atoms with Gasteiger partial charge in [0.15, 0.2) is 0 Å². The quantitative estimate of drug-likeness (QED) is 0.523. The summed E-state index contributed by atoms with van der Waals surface area (Å²) in [6, 6.07) is 15.1. The van der Waals surface area contributed by atoms with Gasteiger partial charge in [-0.1, -0.05) is 19.1 Å². The summed E-state index contributed by atoms with van der Waals surface area (Å²) in [5.74, 6) is 0.651. The zero-order valence-corrected chi connectivity index (χ0v) is 12.6. The number of aryl methyl sites for hydroxylation is 1. The van der Waals surface area contributed by atoms with Crippen molar-refractivity contribution in [1.29, 1.82) is 0 Å². The maximum atomic E-state index is 13.2. The Morgan fingerprint density at radius 2 is 1.77 bits per heavy atom. The number of nitrogens with zero attached hydrogens (tertiary/aromatic N) is 1. The van der Waals surface area contributed by atoms with E-state index in [4.69, 9.17) is 4.74 Å². The van der Waals surface area contributed by atoms with Crippen LogP contribution in [-0.4, -0.2) is 11.5 Å². The molecule has 0 amide bonds. The highest BCUT2D eigenvalue weighted by atomic mass is 19.1. The average Bonchev–Trinajstić information content (AvgIpc) is 3.10. The van der Waals surface area contributed by atoms with E-state index in [-0.39, 0.29) is 5.82 Å². The summed E-state index contributed by atoms with van der Waals surface area (Å²) >= 11 is 0. The molecule has 3 heteroatoms. The van der Waals surface area contributed by atoms with E-state index in [1.807, 2.05) is 18.2 Å². The number of halogens is 1. The molecule has 0 aliphatic rings. The molecular weight excluding hydrogens is 277 g/mol. The number of rotatable bonds is 3. The minimum atomic E-state index is -0.208. The van der Waals surface area contributed by atoms with Gasteiger partial charge in [-0.15, -0.1) is 0 Å². The van der Waals surface area contributed by atoms with Gasteiger partial charge in [-0.2, -0.15) is 0 Å². The van der Waals surface area contributed by atoms with Gasteiger partial charge < -0.3 is 9.14 Å². The Hall–Kier alpha value is -2.55. The SMILES string of the molecule is CCc1c(-c2ccc(F)cc2)c2ccc3cc(OC)cc1n32. The van der Waals surface area contributed by atoms with E-state index < -0.39 is 0 Å². The molecule has 3 aromatic heterocycles. The van der Waals surface area contributed by atoms with Gasteiger partial charge >= 0.3 is 0 Å². The lowest BCUT2D eigenvalue weighted by molar-refractivity contribution is 0.415. The third kappa shape index (κ3) is 1.72. The topological polar surface area (TPSA) is 13.6 Å². The van der Waals surface area contributed by atoms with Crippen LogP contribution in [0.15, 0.2) is 48.5 Å². The van der Waals surface area contributed by atoms with E-state index in [0.717, 1.165) is 34.3 Å². The van der Waals surface area contributed by atoms with Crippen LogP contribution in [0.3, 0.4) is 0 Å². The van der Waals surface area contributed by atoms with Crippen molar-refractivity contribution < 1.29 is 9.13 Å². The van der Waals surface area contributed by atoms with Gasteiger partial charge in [0.05, 0.1) is 18.1 Å². The average molecular weight is 293 g/mol. The van der Waals surface area contributed by atoms with Crippen LogP contribution in [0, 0.1) is 5.82 Å². The highest BCUT2D eigenvalue weighted by Gasteiger charge is 2.18. The van der Waals surface area contributed by atoms with Crippen molar-refractivity contribution in [3.8, 4) is 16.9 Å². The van der Waals surface area contributed by atoms with Crippen molar-refractivity contribution in [1.82, 2.24) is 4.40 Å². The van der Waals surface area contributed by atoms with Gasteiger partial charge in [0.1, 0.15) is 11.6 Å². The Labute approximate surface area is 128 Å². The van der Waals surface area contributed by atoms with E-state index in [2.05, 4.69) is 29.5 Å². The molecule has 0 atom stereocenters. The molecule has 0 fully saturated rings. The van der Waals surface area contributed by atoms with E-state index >= 15 is 0 Å². The van der Waals surface area contributed by atoms with Crippen molar-refractivity contribution in [2.45, 2.75) is 13.3 Å². The second-order valence-corrected chi connectivity index (χ2v) is 5.47. The normalized spacial score (nSPS) is 11.6. The number of aromatic nitrogens is 1. The molecule has 0 saturated carbocycles. The zero-order chi connectivity index (χ0) is 15.3. The molecule has 0 saturated heterocycles. The zero-order valence-electron chi connectivity index (χ0n) is 12.6. The van der Waals surface area contributed by atoms with Crippen molar-refractivity contribution in [3.05, 3.63) is 59.9 Å². The molecule has 0 bridgehead atoms. The maximum Gasteiger partial charge on any atom is 0.123 e. The van der Waals surface area contributed by atoms with Crippen LogP contribution in [-0.2, 0) is 6.42 Å². The largest absolute Gasteiger partial charge is 0.497 e. The standard InChI is InChI=1S/C19H16FNO/c1-3-16-18-11-15(22-2)10-14-8-9-17(21(14)18)19(16)12-4-6-13(20)7-5-12/h4-11H,3H2,1-2H3. The van der Waals surface area contributed by atoms with E-state index in [9.17, 15) is 4.39 Å². The van der Waals surface area contributed by atoms with Crippen LogP contribution >= 0.6 is 0 Å². The van der Waals surface area contributed by atoms with Crippen molar-refractivity contribution in [2.24, 2.45) is 0 Å². The van der Waals surface area contributed by atoms with E-state index in [0.29, 0.717) is 0 Å². The minimum Gasteiger partial charge on any atom is -0.497 e. The molecule has 0 radical (unpaired) electrons. The first-order valence-corrected chi connectivity index (χ1v) is 7.42. The molecule has 0 N–H and O–H groups in total. The summed E-state index contributed by atoms with van der Waals surface area (Å²) in [4.78, 5) is 0. The van der Waals surface area contributed by atoms with Crippen molar-refractivity contribution >= 4 is 16.6 Å². The highest BCUT2D eigenvalue weighted by molar-refractivity contribution is 5.95. The summed E-state index contributed by atoms with van der Waals surface area (Å²) in [5.41, 5.74) is 6.95. The second-order valence-electron chi connectivity index (χ2n) is 5.47. The Morgan fingerprint density at radius 3 is 2.45 bits per heavy atom. The Balaban J connectivity index is 2.11. The van der Waals surface area contributed by atoms with Crippen molar-refractivity contribution in [2.75, 3.05) is 7.11 Å². The molecule has 4 rings (SSSR count). The van der Waals surface area contributed by atoms with Crippen LogP contribution in [0.2, 0.25) is 0 Å². The van der Waals surface area contributed by atoms with E-state index in [1.165, 1.54) is 23.3 Å². The fourth-order valence-corrected chi connectivity index (χ4v) is 3.33. The van der Waals surface area contributed by atoms with Gasteiger partial charge in [0, 0.05) is 23.2 Å².